The molecule has 0 saturated heterocycles. The Morgan fingerprint density at radius 3 is 2.83 bits per heavy atom. The minimum atomic E-state index is -0.0858. The zero-order chi connectivity index (χ0) is 20.4. The van der Waals surface area contributed by atoms with E-state index in [0.717, 1.165) is 29.1 Å². The van der Waals surface area contributed by atoms with Gasteiger partial charge in [-0.1, -0.05) is 31.6 Å². The number of nitrogens with one attached hydrogen (secondary N) is 1. The molecule has 0 fully saturated rings. The Kier molecular flexibility index (Phi) is 5.18. The van der Waals surface area contributed by atoms with Crippen molar-refractivity contribution in [3.8, 4) is 5.69 Å². The van der Waals surface area contributed by atoms with Crippen LogP contribution in [0.25, 0.3) is 5.69 Å². The average Bonchev–Trinajstić information content (AvgIpc) is 3.32. The van der Waals surface area contributed by atoms with Gasteiger partial charge in [-0.3, -0.25) is 9.48 Å². The molecule has 3 heterocycles. The zero-order valence-corrected chi connectivity index (χ0v) is 16.7. The molecule has 0 amide bonds. The molecule has 0 spiro atoms. The van der Waals surface area contributed by atoms with Crippen molar-refractivity contribution in [1.29, 1.82) is 0 Å². The molecule has 1 aliphatic heterocycles. The molecule has 2 aromatic heterocycles. The summed E-state index contributed by atoms with van der Waals surface area (Å²) in [6.45, 7) is 4.30. The van der Waals surface area contributed by atoms with E-state index in [2.05, 4.69) is 29.6 Å². The van der Waals surface area contributed by atoms with E-state index in [1.54, 1.807) is 21.8 Å². The Morgan fingerprint density at radius 1 is 1.21 bits per heavy atom. The van der Waals surface area contributed by atoms with Crippen LogP contribution in [0.5, 0.6) is 0 Å². The first-order valence-electron chi connectivity index (χ1n) is 9.57. The Bertz CT molecular complexity index is 1100. The van der Waals surface area contributed by atoms with Crippen molar-refractivity contribution in [2.75, 3.05) is 5.01 Å². The lowest BCUT2D eigenvalue weighted by molar-refractivity contribution is 0.120. The molecule has 8 heteroatoms. The third-order valence-electron chi connectivity index (χ3n) is 4.55. The summed E-state index contributed by atoms with van der Waals surface area (Å²) in [4.78, 5) is 17.9. The second-order valence-corrected chi connectivity index (χ2v) is 7.55. The van der Waals surface area contributed by atoms with Gasteiger partial charge in [-0.05, 0) is 23.6 Å². The van der Waals surface area contributed by atoms with E-state index >= 15 is 0 Å². The summed E-state index contributed by atoms with van der Waals surface area (Å²) in [5, 5.41) is 10.5. The Balaban J connectivity index is 1.56. The molecule has 4 rings (SSSR count). The maximum absolute atomic E-state index is 12.4. The van der Waals surface area contributed by atoms with E-state index in [1.165, 1.54) is 6.07 Å². The summed E-state index contributed by atoms with van der Waals surface area (Å²) in [6, 6.07) is 9.50. The lowest BCUT2D eigenvalue weighted by Gasteiger charge is -2.14. The zero-order valence-electron chi connectivity index (χ0n) is 16.7. The number of anilines is 1. The van der Waals surface area contributed by atoms with Gasteiger partial charge < -0.3 is 4.84 Å². The van der Waals surface area contributed by atoms with Gasteiger partial charge in [-0.25, -0.2) is 9.69 Å². The lowest BCUT2D eigenvalue weighted by atomic mass is 10.1. The SMILES string of the molecule is CC(C)CC1=CN(c2cccc(Cc3nn(-c4cnn(C)c4)ccc3=O)c2)NO1. The van der Waals surface area contributed by atoms with Crippen molar-refractivity contribution in [2.45, 2.75) is 26.7 Å². The molecule has 1 aliphatic rings. The van der Waals surface area contributed by atoms with Crippen molar-refractivity contribution in [2.24, 2.45) is 13.0 Å². The van der Waals surface area contributed by atoms with Crippen LogP contribution in [-0.2, 0) is 18.3 Å². The second-order valence-electron chi connectivity index (χ2n) is 7.55. The summed E-state index contributed by atoms with van der Waals surface area (Å²) in [6.07, 6.45) is 8.47. The van der Waals surface area contributed by atoms with E-state index in [1.807, 2.05) is 48.7 Å². The first-order valence-corrected chi connectivity index (χ1v) is 9.57. The van der Waals surface area contributed by atoms with Crippen molar-refractivity contribution < 1.29 is 4.84 Å². The fourth-order valence-electron chi connectivity index (χ4n) is 3.18. The van der Waals surface area contributed by atoms with Gasteiger partial charge in [0.2, 0.25) is 5.43 Å². The van der Waals surface area contributed by atoms with Crippen LogP contribution in [-0.4, -0.2) is 19.6 Å². The summed E-state index contributed by atoms with van der Waals surface area (Å²) >= 11 is 0. The normalized spacial score (nSPS) is 13.7. The predicted molar refractivity (Wildman–Crippen MR) is 110 cm³/mol. The molecule has 0 unspecified atom stereocenters. The molecular weight excluding hydrogens is 368 g/mol. The van der Waals surface area contributed by atoms with E-state index in [4.69, 9.17) is 4.84 Å². The van der Waals surface area contributed by atoms with Gasteiger partial charge in [0.25, 0.3) is 0 Å². The first kappa shape index (κ1) is 18.9. The van der Waals surface area contributed by atoms with Crippen molar-refractivity contribution >= 4 is 5.69 Å². The summed E-state index contributed by atoms with van der Waals surface area (Å²) in [7, 11) is 1.84. The van der Waals surface area contributed by atoms with Gasteiger partial charge in [0, 0.05) is 32.2 Å². The molecule has 0 radical (unpaired) electrons. The van der Waals surface area contributed by atoms with Crippen LogP contribution in [0, 0.1) is 5.92 Å². The van der Waals surface area contributed by atoms with Gasteiger partial charge in [-0.15, -0.1) is 0 Å². The molecule has 8 nitrogen and oxygen atoms in total. The first-order chi connectivity index (χ1) is 14.0. The number of allylic oxidation sites excluding steroid dienone is 1. The highest BCUT2D eigenvalue weighted by Gasteiger charge is 2.16. The number of hydrogen-bond donors (Lipinski definition) is 1. The molecule has 1 aromatic carbocycles. The molecular formula is C21H24N6O2. The monoisotopic (exact) mass is 392 g/mol. The largest absolute Gasteiger partial charge is 0.392 e. The second kappa shape index (κ2) is 7.92. The lowest BCUT2D eigenvalue weighted by Crippen LogP contribution is -2.27. The number of benzene rings is 1. The molecule has 29 heavy (non-hydrogen) atoms. The van der Waals surface area contributed by atoms with Crippen LogP contribution in [0.1, 0.15) is 31.5 Å². The molecule has 0 aliphatic carbocycles. The van der Waals surface area contributed by atoms with Gasteiger partial charge in [0.1, 0.15) is 17.1 Å². The van der Waals surface area contributed by atoms with Crippen LogP contribution in [0.4, 0.5) is 5.69 Å². The van der Waals surface area contributed by atoms with Gasteiger partial charge in [0.15, 0.2) is 0 Å². The summed E-state index contributed by atoms with van der Waals surface area (Å²) in [5.41, 5.74) is 6.04. The maximum atomic E-state index is 12.4. The highest BCUT2D eigenvalue weighted by Crippen LogP contribution is 2.23. The Morgan fingerprint density at radius 2 is 2.07 bits per heavy atom. The maximum Gasteiger partial charge on any atom is 0.203 e. The molecule has 0 atom stereocenters. The van der Waals surface area contributed by atoms with Crippen molar-refractivity contribution in [3.05, 3.63) is 82.4 Å². The molecule has 0 saturated carbocycles. The van der Waals surface area contributed by atoms with Crippen molar-refractivity contribution in [3.63, 3.8) is 0 Å². The van der Waals surface area contributed by atoms with Crippen LogP contribution >= 0.6 is 0 Å². The number of hydrogen-bond acceptors (Lipinski definition) is 6. The third-order valence-corrected chi connectivity index (χ3v) is 4.55. The quantitative estimate of drug-likeness (QED) is 0.695. The van der Waals surface area contributed by atoms with Gasteiger partial charge in [0.05, 0.1) is 24.3 Å². The standard InChI is InChI=1S/C21H24N6O2/c1-15(2)9-19-14-27(24-29-19)17-6-4-5-16(10-17)11-20-21(28)7-8-26(23-20)18-12-22-25(3)13-18/h4-8,10,12-15,24H,9,11H2,1-3H3. The molecule has 0 bridgehead atoms. The predicted octanol–water partition coefficient (Wildman–Crippen LogP) is 2.70. The fraction of sp³-hybridized carbons (Fsp3) is 0.286. The van der Waals surface area contributed by atoms with E-state index < -0.39 is 0 Å². The van der Waals surface area contributed by atoms with Crippen LogP contribution in [0.15, 0.2) is 65.7 Å². The van der Waals surface area contributed by atoms with Crippen molar-refractivity contribution in [1.82, 2.24) is 25.2 Å². The summed E-state index contributed by atoms with van der Waals surface area (Å²) < 4.78 is 3.37. The minimum Gasteiger partial charge on any atom is -0.392 e. The Labute approximate surface area is 169 Å². The average molecular weight is 392 g/mol. The minimum absolute atomic E-state index is 0.0858. The Hall–Kier alpha value is -3.39. The number of hydrazine groups is 1. The topological polar surface area (TPSA) is 77.2 Å². The number of aromatic nitrogens is 4. The number of nitrogens with zero attached hydrogens (tertiary/aromatic N) is 5. The van der Waals surface area contributed by atoms with Crippen LogP contribution in [0.3, 0.4) is 0 Å². The highest BCUT2D eigenvalue weighted by molar-refractivity contribution is 5.51. The number of rotatable bonds is 6. The van der Waals surface area contributed by atoms with Gasteiger partial charge >= 0.3 is 0 Å². The molecule has 150 valence electrons. The van der Waals surface area contributed by atoms with E-state index in [0.29, 0.717) is 18.0 Å². The third kappa shape index (κ3) is 4.38. The number of aryl methyl sites for hydroxylation is 1. The summed E-state index contributed by atoms with van der Waals surface area (Å²) in [5.74, 6) is 1.41. The highest BCUT2D eigenvalue weighted by atomic mass is 16.7. The fourth-order valence-corrected chi connectivity index (χ4v) is 3.18. The van der Waals surface area contributed by atoms with Crippen LogP contribution in [0.2, 0.25) is 0 Å². The van der Waals surface area contributed by atoms with E-state index in [9.17, 15) is 4.79 Å². The van der Waals surface area contributed by atoms with E-state index in [-0.39, 0.29) is 5.43 Å². The van der Waals surface area contributed by atoms with Crippen LogP contribution < -0.4 is 16.0 Å². The molecule has 3 aromatic rings. The van der Waals surface area contributed by atoms with Gasteiger partial charge in [-0.2, -0.15) is 10.2 Å². The smallest absolute Gasteiger partial charge is 0.203 e. The molecule has 1 N–H and O–H groups in total.